The number of rotatable bonds is 6. The molecule has 2 aromatic rings. The third-order valence-corrected chi connectivity index (χ3v) is 5.06. The van der Waals surface area contributed by atoms with Crippen LogP contribution in [0.15, 0.2) is 16.8 Å². The molecule has 2 aromatic heterocycles. The topological polar surface area (TPSA) is 86.3 Å². The first-order valence-corrected chi connectivity index (χ1v) is 8.84. The van der Waals surface area contributed by atoms with Gasteiger partial charge < -0.3 is 14.2 Å². The van der Waals surface area contributed by atoms with Crippen LogP contribution in [0.4, 0.5) is 0 Å². The molecule has 0 bridgehead atoms. The molecule has 1 aliphatic carbocycles. The average Bonchev–Trinajstić information content (AvgIpc) is 3.05. The van der Waals surface area contributed by atoms with Crippen LogP contribution in [0.3, 0.4) is 0 Å². The Hall–Kier alpha value is -2.22. The second-order valence-electron chi connectivity index (χ2n) is 6.83. The van der Waals surface area contributed by atoms with Gasteiger partial charge in [-0.05, 0) is 25.8 Å². The summed E-state index contributed by atoms with van der Waals surface area (Å²) in [6.07, 6.45) is 3.93. The monoisotopic (exact) mass is 345 g/mol. The zero-order valence-corrected chi connectivity index (χ0v) is 14.6. The molecule has 0 N–H and O–H groups in total. The highest BCUT2D eigenvalue weighted by atomic mass is 16.5. The van der Waals surface area contributed by atoms with Crippen molar-refractivity contribution in [1.29, 1.82) is 0 Å². The molecule has 8 nitrogen and oxygen atoms in total. The van der Waals surface area contributed by atoms with Crippen molar-refractivity contribution in [3.05, 3.63) is 29.7 Å². The molecule has 2 atom stereocenters. The van der Waals surface area contributed by atoms with Gasteiger partial charge >= 0.3 is 0 Å². The molecule has 1 saturated heterocycles. The van der Waals surface area contributed by atoms with Gasteiger partial charge in [-0.15, -0.1) is 0 Å². The number of aromatic nitrogens is 4. The fourth-order valence-corrected chi connectivity index (χ4v) is 3.53. The van der Waals surface area contributed by atoms with Crippen LogP contribution >= 0.6 is 0 Å². The van der Waals surface area contributed by atoms with E-state index in [1.54, 1.807) is 24.1 Å². The summed E-state index contributed by atoms with van der Waals surface area (Å²) in [6, 6.07) is 1.77. The first-order chi connectivity index (χ1) is 12.2. The van der Waals surface area contributed by atoms with Crippen LogP contribution in [0.25, 0.3) is 0 Å². The Balaban J connectivity index is 1.54. The van der Waals surface area contributed by atoms with E-state index in [0.29, 0.717) is 43.7 Å². The largest absolute Gasteiger partial charge is 0.384 e. The number of carbonyl (C=O) groups excluding carboxylic acids is 1. The summed E-state index contributed by atoms with van der Waals surface area (Å²) in [4.78, 5) is 19.3. The van der Waals surface area contributed by atoms with Gasteiger partial charge in [0, 0.05) is 44.8 Å². The maximum absolute atomic E-state index is 12.9. The molecule has 2 aliphatic rings. The average molecular weight is 345 g/mol. The molecule has 1 aliphatic heterocycles. The molecule has 3 heterocycles. The lowest BCUT2D eigenvalue weighted by atomic mass is 9.97. The molecule has 2 fully saturated rings. The van der Waals surface area contributed by atoms with Gasteiger partial charge in [-0.25, -0.2) is 0 Å². The summed E-state index contributed by atoms with van der Waals surface area (Å²) in [6.45, 7) is 4.38. The second kappa shape index (κ2) is 6.59. The molecular formula is C17H23N5O3. The van der Waals surface area contributed by atoms with Crippen molar-refractivity contribution < 1.29 is 14.1 Å². The fourth-order valence-electron chi connectivity index (χ4n) is 3.53. The van der Waals surface area contributed by atoms with Gasteiger partial charge in [0.15, 0.2) is 5.82 Å². The van der Waals surface area contributed by atoms with E-state index in [1.165, 1.54) is 0 Å². The number of carbonyl (C=O) groups is 1. The second-order valence-corrected chi connectivity index (χ2v) is 6.83. The Morgan fingerprint density at radius 2 is 2.24 bits per heavy atom. The molecule has 0 radical (unpaired) electrons. The van der Waals surface area contributed by atoms with Gasteiger partial charge in [0.1, 0.15) is 5.69 Å². The van der Waals surface area contributed by atoms with E-state index in [0.717, 1.165) is 18.7 Å². The third kappa shape index (κ3) is 3.06. The number of methoxy groups -OCH3 is 1. The minimum absolute atomic E-state index is 0.00937. The minimum atomic E-state index is -0.00937. The lowest BCUT2D eigenvalue weighted by Gasteiger charge is -2.16. The Kier molecular flexibility index (Phi) is 4.29. The molecule has 134 valence electrons. The highest BCUT2D eigenvalue weighted by Gasteiger charge is 2.41. The molecule has 1 saturated carbocycles. The number of ether oxygens (including phenoxy) is 1. The summed E-state index contributed by atoms with van der Waals surface area (Å²) < 4.78 is 12.6. The summed E-state index contributed by atoms with van der Waals surface area (Å²) in [7, 11) is 1.68. The number of aryl methyl sites for hydroxylation is 1. The highest BCUT2D eigenvalue weighted by Crippen LogP contribution is 2.40. The van der Waals surface area contributed by atoms with E-state index in [9.17, 15) is 4.79 Å². The predicted molar refractivity (Wildman–Crippen MR) is 88.2 cm³/mol. The molecule has 25 heavy (non-hydrogen) atoms. The van der Waals surface area contributed by atoms with Crippen molar-refractivity contribution in [2.45, 2.75) is 38.1 Å². The number of hydrogen-bond donors (Lipinski definition) is 0. The number of likely N-dealkylation sites (tertiary alicyclic amines) is 1. The summed E-state index contributed by atoms with van der Waals surface area (Å²) in [5, 5.41) is 8.31. The van der Waals surface area contributed by atoms with Gasteiger partial charge in [0.05, 0.1) is 12.5 Å². The van der Waals surface area contributed by atoms with Crippen LogP contribution < -0.4 is 0 Å². The number of nitrogens with zero attached hydrogens (tertiary/aromatic N) is 5. The predicted octanol–water partition coefficient (Wildman–Crippen LogP) is 1.67. The van der Waals surface area contributed by atoms with Crippen LogP contribution in [-0.4, -0.2) is 57.5 Å². The lowest BCUT2D eigenvalue weighted by molar-refractivity contribution is 0.0763. The van der Waals surface area contributed by atoms with Gasteiger partial charge in [-0.1, -0.05) is 5.16 Å². The first kappa shape index (κ1) is 16.3. The summed E-state index contributed by atoms with van der Waals surface area (Å²) in [5.41, 5.74) is 0.614. The van der Waals surface area contributed by atoms with Crippen LogP contribution in [-0.2, 0) is 11.3 Å². The molecule has 0 aromatic carbocycles. The Morgan fingerprint density at radius 1 is 1.40 bits per heavy atom. The van der Waals surface area contributed by atoms with Gasteiger partial charge in [0.2, 0.25) is 5.89 Å². The zero-order chi connectivity index (χ0) is 17.4. The fraction of sp³-hybridized carbons (Fsp3) is 0.647. The Bertz CT molecular complexity index is 751. The van der Waals surface area contributed by atoms with Crippen LogP contribution in [0.2, 0.25) is 0 Å². The van der Waals surface area contributed by atoms with E-state index >= 15 is 0 Å². The molecule has 1 amide bonds. The van der Waals surface area contributed by atoms with Crippen molar-refractivity contribution in [2.24, 2.45) is 5.92 Å². The molecule has 0 unspecified atom stereocenters. The number of amides is 1. The number of hydrogen-bond acceptors (Lipinski definition) is 6. The van der Waals surface area contributed by atoms with Crippen molar-refractivity contribution in [3.8, 4) is 0 Å². The highest BCUT2D eigenvalue weighted by molar-refractivity contribution is 5.92. The van der Waals surface area contributed by atoms with Gasteiger partial charge in [0.25, 0.3) is 5.91 Å². The van der Waals surface area contributed by atoms with Crippen molar-refractivity contribution in [3.63, 3.8) is 0 Å². The van der Waals surface area contributed by atoms with Gasteiger partial charge in [-0.2, -0.15) is 10.1 Å². The maximum atomic E-state index is 12.9. The summed E-state index contributed by atoms with van der Waals surface area (Å²) in [5.74, 6) is 2.05. The minimum Gasteiger partial charge on any atom is -0.384 e. The smallest absolute Gasteiger partial charge is 0.272 e. The molecule has 4 rings (SSSR count). The van der Waals surface area contributed by atoms with Crippen LogP contribution in [0.5, 0.6) is 0 Å². The maximum Gasteiger partial charge on any atom is 0.272 e. The molecular weight excluding hydrogens is 322 g/mol. The SMILES string of the molecule is CCn1nccc1C(=O)N1C[C@@H](COC)[C@H](c2nc(C3CC3)no2)C1. The normalized spacial score (nSPS) is 23.4. The first-order valence-electron chi connectivity index (χ1n) is 8.84. The quantitative estimate of drug-likeness (QED) is 0.791. The van der Waals surface area contributed by atoms with E-state index < -0.39 is 0 Å². The standard InChI is InChI=1S/C17H23N5O3/c1-3-22-14(6-7-18-22)17(23)21-8-12(10-24-2)13(9-21)16-19-15(20-25-16)11-4-5-11/h6-7,11-13H,3-5,8-10H2,1-2H3/t12-,13+/m0/s1. The third-order valence-electron chi connectivity index (χ3n) is 5.06. The zero-order valence-electron chi connectivity index (χ0n) is 14.6. The van der Waals surface area contributed by atoms with Crippen molar-refractivity contribution in [2.75, 3.05) is 26.8 Å². The van der Waals surface area contributed by atoms with E-state index in [1.807, 2.05) is 11.8 Å². The molecule has 8 heteroatoms. The van der Waals surface area contributed by atoms with Crippen LogP contribution in [0.1, 0.15) is 53.8 Å². The Labute approximate surface area is 146 Å². The van der Waals surface area contributed by atoms with E-state index in [4.69, 9.17) is 9.26 Å². The summed E-state index contributed by atoms with van der Waals surface area (Å²) >= 11 is 0. The van der Waals surface area contributed by atoms with Crippen molar-refractivity contribution in [1.82, 2.24) is 24.8 Å². The van der Waals surface area contributed by atoms with Crippen LogP contribution in [0, 0.1) is 5.92 Å². The van der Waals surface area contributed by atoms with E-state index in [2.05, 4.69) is 15.2 Å². The van der Waals surface area contributed by atoms with Gasteiger partial charge in [-0.3, -0.25) is 9.48 Å². The Morgan fingerprint density at radius 3 is 2.96 bits per heavy atom. The van der Waals surface area contributed by atoms with Crippen molar-refractivity contribution >= 4 is 5.91 Å². The molecule has 0 spiro atoms. The lowest BCUT2D eigenvalue weighted by Crippen LogP contribution is -2.31. The van der Waals surface area contributed by atoms with E-state index in [-0.39, 0.29) is 17.7 Å².